The SMILES string of the molecule is Nc1ccc(C(=O)Nc2ccc(N3CCCC3)nc2)nc1. The van der Waals surface area contributed by atoms with Crippen LogP contribution >= 0.6 is 0 Å². The van der Waals surface area contributed by atoms with Crippen molar-refractivity contribution in [3.8, 4) is 0 Å². The van der Waals surface area contributed by atoms with Gasteiger partial charge in [0.2, 0.25) is 0 Å². The average molecular weight is 283 g/mol. The van der Waals surface area contributed by atoms with E-state index < -0.39 is 0 Å². The quantitative estimate of drug-likeness (QED) is 0.899. The molecule has 0 spiro atoms. The van der Waals surface area contributed by atoms with Gasteiger partial charge in [-0.15, -0.1) is 0 Å². The number of nitrogens with one attached hydrogen (secondary N) is 1. The summed E-state index contributed by atoms with van der Waals surface area (Å²) in [6.07, 6.45) is 5.55. The monoisotopic (exact) mass is 283 g/mol. The summed E-state index contributed by atoms with van der Waals surface area (Å²) in [6, 6.07) is 7.03. The van der Waals surface area contributed by atoms with Crippen LogP contribution in [0.5, 0.6) is 0 Å². The topological polar surface area (TPSA) is 84.1 Å². The number of nitrogen functional groups attached to an aromatic ring is 1. The molecule has 1 fully saturated rings. The van der Waals surface area contributed by atoms with Crippen molar-refractivity contribution in [3.63, 3.8) is 0 Å². The maximum atomic E-state index is 12.0. The highest BCUT2D eigenvalue weighted by Gasteiger charge is 2.13. The van der Waals surface area contributed by atoms with Crippen molar-refractivity contribution in [2.45, 2.75) is 12.8 Å². The molecule has 6 heteroatoms. The molecule has 0 aliphatic carbocycles. The first kappa shape index (κ1) is 13.4. The van der Waals surface area contributed by atoms with Gasteiger partial charge in [0.05, 0.1) is 23.8 Å². The van der Waals surface area contributed by atoms with Crippen LogP contribution in [0.3, 0.4) is 0 Å². The molecular weight excluding hydrogens is 266 g/mol. The molecule has 0 saturated carbocycles. The molecule has 3 N–H and O–H groups in total. The Morgan fingerprint density at radius 1 is 1.10 bits per heavy atom. The third-order valence-electron chi connectivity index (χ3n) is 3.45. The van der Waals surface area contributed by atoms with E-state index in [4.69, 9.17) is 5.73 Å². The van der Waals surface area contributed by atoms with Crippen molar-refractivity contribution >= 4 is 23.1 Å². The lowest BCUT2D eigenvalue weighted by Crippen LogP contribution is -2.19. The van der Waals surface area contributed by atoms with Gasteiger partial charge in [-0.3, -0.25) is 4.79 Å². The third-order valence-corrected chi connectivity index (χ3v) is 3.45. The fraction of sp³-hybridized carbons (Fsp3) is 0.267. The first-order valence-corrected chi connectivity index (χ1v) is 6.96. The number of hydrogen-bond donors (Lipinski definition) is 2. The molecule has 0 unspecified atom stereocenters. The standard InChI is InChI=1S/C15H17N5O/c16-11-3-5-13(17-9-11)15(21)19-12-4-6-14(18-10-12)20-7-1-2-8-20/h3-6,9-10H,1-2,7-8,16H2,(H,19,21). The lowest BCUT2D eigenvalue weighted by Gasteiger charge is -2.16. The van der Waals surface area contributed by atoms with Crippen molar-refractivity contribution in [1.82, 2.24) is 9.97 Å². The molecule has 108 valence electrons. The fourth-order valence-electron chi connectivity index (χ4n) is 2.33. The minimum atomic E-state index is -0.272. The molecule has 0 bridgehead atoms. The minimum Gasteiger partial charge on any atom is -0.397 e. The number of rotatable bonds is 3. The summed E-state index contributed by atoms with van der Waals surface area (Å²) in [7, 11) is 0. The molecule has 0 radical (unpaired) electrons. The van der Waals surface area contributed by atoms with E-state index in [1.165, 1.54) is 19.0 Å². The van der Waals surface area contributed by atoms with E-state index in [0.717, 1.165) is 18.9 Å². The van der Waals surface area contributed by atoms with Gasteiger partial charge in [0.25, 0.3) is 5.91 Å². The molecule has 6 nitrogen and oxygen atoms in total. The van der Waals surface area contributed by atoms with Crippen LogP contribution in [-0.2, 0) is 0 Å². The molecule has 2 aromatic heterocycles. The largest absolute Gasteiger partial charge is 0.397 e. The summed E-state index contributed by atoms with van der Waals surface area (Å²) in [4.78, 5) is 22.6. The van der Waals surface area contributed by atoms with Gasteiger partial charge in [-0.05, 0) is 37.1 Å². The van der Waals surface area contributed by atoms with Crippen LogP contribution in [0.1, 0.15) is 23.3 Å². The lowest BCUT2D eigenvalue weighted by atomic mass is 10.3. The van der Waals surface area contributed by atoms with E-state index >= 15 is 0 Å². The summed E-state index contributed by atoms with van der Waals surface area (Å²) in [6.45, 7) is 2.10. The van der Waals surface area contributed by atoms with E-state index in [-0.39, 0.29) is 5.91 Å². The molecule has 2 aromatic rings. The second-order valence-electron chi connectivity index (χ2n) is 5.03. The number of anilines is 3. The van der Waals surface area contributed by atoms with Gasteiger partial charge in [-0.25, -0.2) is 9.97 Å². The summed E-state index contributed by atoms with van der Waals surface area (Å²) in [5, 5.41) is 2.77. The van der Waals surface area contributed by atoms with Crippen molar-refractivity contribution in [2.24, 2.45) is 0 Å². The molecular formula is C15H17N5O. The van der Waals surface area contributed by atoms with Gasteiger partial charge in [0.1, 0.15) is 11.5 Å². The molecule has 1 aliphatic rings. The molecule has 1 amide bonds. The molecule has 1 saturated heterocycles. The average Bonchev–Trinajstić information content (AvgIpc) is 3.03. The highest BCUT2D eigenvalue weighted by molar-refractivity contribution is 6.02. The van der Waals surface area contributed by atoms with E-state index in [1.54, 1.807) is 18.3 Å². The Hall–Kier alpha value is -2.63. The summed E-state index contributed by atoms with van der Waals surface area (Å²) in [5.41, 5.74) is 7.06. The summed E-state index contributed by atoms with van der Waals surface area (Å²) >= 11 is 0. The summed E-state index contributed by atoms with van der Waals surface area (Å²) in [5.74, 6) is 0.682. The minimum absolute atomic E-state index is 0.272. The van der Waals surface area contributed by atoms with Gasteiger partial charge < -0.3 is 16.0 Å². The van der Waals surface area contributed by atoms with Crippen LogP contribution in [0.4, 0.5) is 17.2 Å². The van der Waals surface area contributed by atoms with Crippen molar-refractivity contribution in [2.75, 3.05) is 29.0 Å². The van der Waals surface area contributed by atoms with Crippen LogP contribution in [0.2, 0.25) is 0 Å². The Labute approximate surface area is 123 Å². The Morgan fingerprint density at radius 2 is 1.90 bits per heavy atom. The molecule has 3 heterocycles. The van der Waals surface area contributed by atoms with Gasteiger partial charge >= 0.3 is 0 Å². The van der Waals surface area contributed by atoms with Crippen LogP contribution in [0, 0.1) is 0 Å². The molecule has 21 heavy (non-hydrogen) atoms. The predicted octanol–water partition coefficient (Wildman–Crippen LogP) is 1.91. The van der Waals surface area contributed by atoms with E-state index in [2.05, 4.69) is 20.2 Å². The highest BCUT2D eigenvalue weighted by Crippen LogP contribution is 2.19. The fourth-order valence-corrected chi connectivity index (χ4v) is 2.33. The maximum Gasteiger partial charge on any atom is 0.274 e. The number of carbonyl (C=O) groups excluding carboxylic acids is 1. The third kappa shape index (κ3) is 3.10. The predicted molar refractivity (Wildman–Crippen MR) is 82.3 cm³/mol. The summed E-state index contributed by atoms with van der Waals surface area (Å²) < 4.78 is 0. The zero-order valence-electron chi connectivity index (χ0n) is 11.6. The number of pyridine rings is 2. The first-order chi connectivity index (χ1) is 10.2. The van der Waals surface area contributed by atoms with Crippen molar-refractivity contribution < 1.29 is 4.79 Å². The molecule has 3 rings (SSSR count). The Balaban J connectivity index is 1.67. The lowest BCUT2D eigenvalue weighted by molar-refractivity contribution is 0.102. The van der Waals surface area contributed by atoms with Crippen LogP contribution < -0.4 is 16.0 Å². The Morgan fingerprint density at radius 3 is 2.52 bits per heavy atom. The van der Waals surface area contributed by atoms with Gasteiger partial charge in [0.15, 0.2) is 0 Å². The number of carbonyl (C=O) groups is 1. The van der Waals surface area contributed by atoms with Crippen molar-refractivity contribution in [1.29, 1.82) is 0 Å². The molecule has 0 atom stereocenters. The second-order valence-corrected chi connectivity index (χ2v) is 5.03. The number of nitrogens with two attached hydrogens (primary N) is 1. The number of aromatic nitrogens is 2. The zero-order chi connectivity index (χ0) is 14.7. The van der Waals surface area contributed by atoms with E-state index in [9.17, 15) is 4.79 Å². The Bertz CT molecular complexity index is 618. The first-order valence-electron chi connectivity index (χ1n) is 6.96. The Kier molecular flexibility index (Phi) is 3.68. The van der Waals surface area contributed by atoms with Crippen LogP contribution in [0.25, 0.3) is 0 Å². The van der Waals surface area contributed by atoms with Crippen LogP contribution in [-0.4, -0.2) is 29.0 Å². The molecule has 1 aliphatic heterocycles. The number of hydrogen-bond acceptors (Lipinski definition) is 5. The number of amides is 1. The second kappa shape index (κ2) is 5.78. The van der Waals surface area contributed by atoms with Crippen LogP contribution in [0.15, 0.2) is 36.7 Å². The van der Waals surface area contributed by atoms with Gasteiger partial charge in [0, 0.05) is 13.1 Å². The van der Waals surface area contributed by atoms with E-state index in [1.807, 2.05) is 12.1 Å². The number of nitrogens with zero attached hydrogens (tertiary/aromatic N) is 3. The molecule has 0 aromatic carbocycles. The smallest absolute Gasteiger partial charge is 0.274 e. The maximum absolute atomic E-state index is 12.0. The zero-order valence-corrected chi connectivity index (χ0v) is 11.6. The van der Waals surface area contributed by atoms with E-state index in [0.29, 0.717) is 17.1 Å². The highest BCUT2D eigenvalue weighted by atomic mass is 16.1. The van der Waals surface area contributed by atoms with Gasteiger partial charge in [-0.1, -0.05) is 0 Å². The van der Waals surface area contributed by atoms with Crippen molar-refractivity contribution in [3.05, 3.63) is 42.4 Å². The van der Waals surface area contributed by atoms with Gasteiger partial charge in [-0.2, -0.15) is 0 Å². The normalized spacial score (nSPS) is 14.2.